The van der Waals surface area contributed by atoms with Gasteiger partial charge in [-0.2, -0.15) is 0 Å². The van der Waals surface area contributed by atoms with Gasteiger partial charge in [-0.3, -0.25) is 0 Å². The molecule has 0 nitrogen and oxygen atoms in total. The van der Waals surface area contributed by atoms with Crippen molar-refractivity contribution in [3.63, 3.8) is 0 Å². The van der Waals surface area contributed by atoms with Crippen LogP contribution in [0.4, 0.5) is 0 Å². The van der Waals surface area contributed by atoms with Crippen molar-refractivity contribution in [2.24, 2.45) is 17.8 Å². The summed E-state index contributed by atoms with van der Waals surface area (Å²) in [5, 5.41) is 0. The average molecular weight is 154 g/mol. The second-order valence-electron chi connectivity index (χ2n) is 4.36. The summed E-state index contributed by atoms with van der Waals surface area (Å²) in [4.78, 5) is 0. The van der Waals surface area contributed by atoms with Gasteiger partial charge in [-0.05, 0) is 37.0 Å². The van der Waals surface area contributed by atoms with Gasteiger partial charge in [0.1, 0.15) is 0 Å². The van der Waals surface area contributed by atoms with Crippen molar-refractivity contribution in [3.8, 4) is 0 Å². The maximum atomic E-state index is 2.42. The van der Waals surface area contributed by atoms with E-state index in [1.54, 1.807) is 0 Å². The number of hydrogen-bond donors (Lipinski definition) is 0. The Morgan fingerprint density at radius 3 is 1.73 bits per heavy atom. The molecule has 1 aliphatic carbocycles. The fourth-order valence-corrected chi connectivity index (χ4v) is 2.56. The number of hydrogen-bond acceptors (Lipinski definition) is 0. The first-order valence-corrected chi connectivity index (χ1v) is 5.26. The predicted molar refractivity (Wildman–Crippen MR) is 50.6 cm³/mol. The Balaban J connectivity index is 2.37. The fraction of sp³-hybridized carbons (Fsp3) is 1.00. The molecule has 0 N–H and O–H groups in total. The molecular formula is C11H22. The highest BCUT2D eigenvalue weighted by atomic mass is 14.3. The molecule has 0 saturated heterocycles. The summed E-state index contributed by atoms with van der Waals surface area (Å²) in [5.74, 6) is 3.09. The molecule has 2 unspecified atom stereocenters. The summed E-state index contributed by atoms with van der Waals surface area (Å²) in [6, 6.07) is 0. The summed E-state index contributed by atoms with van der Waals surface area (Å²) >= 11 is 0. The van der Waals surface area contributed by atoms with Gasteiger partial charge in [0.15, 0.2) is 0 Å². The van der Waals surface area contributed by atoms with Crippen LogP contribution in [0.15, 0.2) is 0 Å². The van der Waals surface area contributed by atoms with Crippen molar-refractivity contribution in [2.45, 2.75) is 52.9 Å². The molecule has 0 aromatic heterocycles. The summed E-state index contributed by atoms with van der Waals surface area (Å²) in [6.07, 6.45) is 7.30. The normalized spacial score (nSPS) is 39.0. The highest BCUT2D eigenvalue weighted by Crippen LogP contribution is 2.35. The zero-order valence-electron chi connectivity index (χ0n) is 8.27. The van der Waals surface area contributed by atoms with Crippen LogP contribution in [0.3, 0.4) is 0 Å². The minimum absolute atomic E-state index is 0.999. The van der Waals surface area contributed by atoms with E-state index < -0.39 is 0 Å². The maximum Gasteiger partial charge on any atom is -0.0412 e. The molecular weight excluding hydrogens is 132 g/mol. The molecule has 1 fully saturated rings. The van der Waals surface area contributed by atoms with Crippen LogP contribution in [-0.2, 0) is 0 Å². The van der Waals surface area contributed by atoms with Crippen LogP contribution in [0.2, 0.25) is 0 Å². The van der Waals surface area contributed by atoms with E-state index in [0.717, 1.165) is 17.8 Å². The fourth-order valence-electron chi connectivity index (χ4n) is 2.56. The van der Waals surface area contributed by atoms with Crippen molar-refractivity contribution >= 4 is 0 Å². The Bertz CT molecular complexity index is 94.6. The van der Waals surface area contributed by atoms with Gasteiger partial charge in [0.25, 0.3) is 0 Å². The minimum atomic E-state index is 0.999. The Labute approximate surface area is 71.4 Å². The van der Waals surface area contributed by atoms with Gasteiger partial charge >= 0.3 is 0 Å². The highest BCUT2D eigenvalue weighted by molar-refractivity contribution is 4.75. The second-order valence-corrected chi connectivity index (χ2v) is 4.36. The van der Waals surface area contributed by atoms with Crippen molar-refractivity contribution in [2.75, 3.05) is 0 Å². The topological polar surface area (TPSA) is 0 Å². The summed E-state index contributed by atoms with van der Waals surface area (Å²) in [5.41, 5.74) is 0. The molecule has 0 aromatic carbocycles. The monoisotopic (exact) mass is 154 g/mol. The van der Waals surface area contributed by atoms with Gasteiger partial charge in [0.2, 0.25) is 0 Å². The van der Waals surface area contributed by atoms with E-state index in [9.17, 15) is 0 Å². The molecule has 66 valence electrons. The van der Waals surface area contributed by atoms with E-state index in [-0.39, 0.29) is 0 Å². The van der Waals surface area contributed by atoms with Gasteiger partial charge < -0.3 is 0 Å². The van der Waals surface area contributed by atoms with E-state index in [4.69, 9.17) is 0 Å². The lowest BCUT2D eigenvalue weighted by atomic mass is 9.74. The Hall–Kier alpha value is 0. The molecule has 1 saturated carbocycles. The van der Waals surface area contributed by atoms with Crippen LogP contribution in [0.5, 0.6) is 0 Å². The SMILES string of the molecule is CCC1CC(C)CC(CC)C1. The molecule has 1 rings (SSSR count). The average Bonchev–Trinajstić information content (AvgIpc) is 2.03. The van der Waals surface area contributed by atoms with Crippen LogP contribution in [0, 0.1) is 17.8 Å². The molecule has 1 aliphatic rings. The Morgan fingerprint density at radius 1 is 0.909 bits per heavy atom. The van der Waals surface area contributed by atoms with E-state index >= 15 is 0 Å². The van der Waals surface area contributed by atoms with E-state index in [1.807, 2.05) is 0 Å². The molecule has 0 heterocycles. The standard InChI is InChI=1S/C11H22/c1-4-10-6-9(3)7-11(5-2)8-10/h9-11H,4-8H2,1-3H3. The van der Waals surface area contributed by atoms with E-state index in [0.29, 0.717) is 0 Å². The van der Waals surface area contributed by atoms with Crippen molar-refractivity contribution in [1.82, 2.24) is 0 Å². The molecule has 2 atom stereocenters. The van der Waals surface area contributed by atoms with Gasteiger partial charge in [0.05, 0.1) is 0 Å². The third-order valence-corrected chi connectivity index (χ3v) is 3.29. The first-order valence-electron chi connectivity index (χ1n) is 5.26. The molecule has 0 aliphatic heterocycles. The van der Waals surface area contributed by atoms with Crippen LogP contribution < -0.4 is 0 Å². The van der Waals surface area contributed by atoms with Crippen LogP contribution in [0.1, 0.15) is 52.9 Å². The zero-order chi connectivity index (χ0) is 8.27. The maximum absolute atomic E-state index is 2.42. The van der Waals surface area contributed by atoms with Crippen LogP contribution in [-0.4, -0.2) is 0 Å². The second kappa shape index (κ2) is 4.13. The lowest BCUT2D eigenvalue weighted by Crippen LogP contribution is -2.20. The van der Waals surface area contributed by atoms with Gasteiger partial charge in [-0.15, -0.1) is 0 Å². The number of rotatable bonds is 2. The quantitative estimate of drug-likeness (QED) is 0.566. The predicted octanol–water partition coefficient (Wildman–Crippen LogP) is 3.86. The lowest BCUT2D eigenvalue weighted by Gasteiger charge is -2.32. The van der Waals surface area contributed by atoms with Crippen LogP contribution >= 0.6 is 0 Å². The summed E-state index contributed by atoms with van der Waals surface area (Å²) < 4.78 is 0. The van der Waals surface area contributed by atoms with E-state index in [1.165, 1.54) is 32.1 Å². The summed E-state index contributed by atoms with van der Waals surface area (Å²) in [6.45, 7) is 7.11. The first-order chi connectivity index (χ1) is 5.26. The van der Waals surface area contributed by atoms with Gasteiger partial charge in [-0.25, -0.2) is 0 Å². The molecule has 0 bridgehead atoms. The van der Waals surface area contributed by atoms with Crippen LogP contribution in [0.25, 0.3) is 0 Å². The zero-order valence-corrected chi connectivity index (χ0v) is 8.27. The molecule has 0 amide bonds. The minimum Gasteiger partial charge on any atom is -0.0651 e. The molecule has 11 heavy (non-hydrogen) atoms. The Kier molecular flexibility index (Phi) is 3.42. The van der Waals surface area contributed by atoms with Crippen molar-refractivity contribution < 1.29 is 0 Å². The van der Waals surface area contributed by atoms with Crippen molar-refractivity contribution in [1.29, 1.82) is 0 Å². The molecule has 0 radical (unpaired) electrons. The van der Waals surface area contributed by atoms with E-state index in [2.05, 4.69) is 20.8 Å². The third kappa shape index (κ3) is 2.50. The molecule has 0 spiro atoms. The molecule has 0 heteroatoms. The van der Waals surface area contributed by atoms with Gasteiger partial charge in [-0.1, -0.05) is 33.6 Å². The van der Waals surface area contributed by atoms with Crippen molar-refractivity contribution in [3.05, 3.63) is 0 Å². The highest BCUT2D eigenvalue weighted by Gasteiger charge is 2.23. The Morgan fingerprint density at radius 2 is 1.36 bits per heavy atom. The van der Waals surface area contributed by atoms with Gasteiger partial charge in [0, 0.05) is 0 Å². The molecule has 0 aromatic rings. The largest absolute Gasteiger partial charge is 0.0651 e. The third-order valence-electron chi connectivity index (χ3n) is 3.29. The lowest BCUT2D eigenvalue weighted by molar-refractivity contribution is 0.198. The first kappa shape index (κ1) is 9.09. The summed E-state index contributed by atoms with van der Waals surface area (Å²) in [7, 11) is 0. The smallest absolute Gasteiger partial charge is 0.0412 e.